The van der Waals surface area contributed by atoms with Crippen molar-refractivity contribution in [1.82, 2.24) is 15.2 Å². The lowest BCUT2D eigenvalue weighted by molar-refractivity contribution is -0.124. The average Bonchev–Trinajstić information content (AvgIpc) is 3.66. The van der Waals surface area contributed by atoms with Crippen LogP contribution in [0.5, 0.6) is 0 Å². The summed E-state index contributed by atoms with van der Waals surface area (Å²) in [5, 5.41) is 5.59. The summed E-state index contributed by atoms with van der Waals surface area (Å²) >= 11 is 0.996. The van der Waals surface area contributed by atoms with Crippen molar-refractivity contribution in [3.05, 3.63) is 71.4 Å². The first kappa shape index (κ1) is 28.8. The molecule has 3 heterocycles. The van der Waals surface area contributed by atoms with Crippen LogP contribution >= 0.6 is 11.8 Å². The van der Waals surface area contributed by atoms with Crippen LogP contribution in [0.15, 0.2) is 53.1 Å². The summed E-state index contributed by atoms with van der Waals surface area (Å²) in [6, 6.07) is 13.6. The average molecular weight is 603 g/mol. The van der Waals surface area contributed by atoms with Crippen molar-refractivity contribution in [2.24, 2.45) is 0 Å². The van der Waals surface area contributed by atoms with Crippen LogP contribution in [0, 0.1) is 6.92 Å². The van der Waals surface area contributed by atoms with Crippen molar-refractivity contribution >= 4 is 51.8 Å². The molecule has 11 nitrogen and oxygen atoms in total. The third kappa shape index (κ3) is 6.53. The number of thioether (sulfide) groups is 1. The van der Waals surface area contributed by atoms with Crippen LogP contribution in [-0.4, -0.2) is 77.9 Å². The van der Waals surface area contributed by atoms with Crippen molar-refractivity contribution in [1.29, 1.82) is 0 Å². The van der Waals surface area contributed by atoms with E-state index in [1.807, 2.05) is 12.1 Å². The highest BCUT2D eigenvalue weighted by atomic mass is 32.2. The molecule has 0 atom stereocenters. The Bertz CT molecular complexity index is 1530. The first-order valence-corrected chi connectivity index (χ1v) is 15.6. The van der Waals surface area contributed by atoms with Gasteiger partial charge in [-0.1, -0.05) is 30.0 Å². The van der Waals surface area contributed by atoms with E-state index in [1.54, 1.807) is 12.1 Å². The van der Waals surface area contributed by atoms with Crippen LogP contribution in [0.2, 0.25) is 0 Å². The number of anilines is 3. The summed E-state index contributed by atoms with van der Waals surface area (Å²) < 4.78 is 5.53. The van der Waals surface area contributed by atoms with Gasteiger partial charge in [0, 0.05) is 56.4 Å². The number of hydrogen-bond donors (Lipinski definition) is 2. The van der Waals surface area contributed by atoms with E-state index >= 15 is 0 Å². The number of carbonyl (C=O) groups excluding carboxylic acids is 4. The Kier molecular flexibility index (Phi) is 8.37. The molecule has 2 saturated heterocycles. The van der Waals surface area contributed by atoms with Gasteiger partial charge in [0.05, 0.1) is 17.1 Å². The van der Waals surface area contributed by atoms with Gasteiger partial charge < -0.3 is 24.9 Å². The number of nitrogens with one attached hydrogen (secondary N) is 2. The van der Waals surface area contributed by atoms with Gasteiger partial charge in [-0.25, -0.2) is 4.98 Å². The van der Waals surface area contributed by atoms with Gasteiger partial charge in [0.25, 0.3) is 17.1 Å². The molecule has 4 amide bonds. The number of carbonyl (C=O) groups is 4. The molecule has 2 aliphatic heterocycles. The fourth-order valence-corrected chi connectivity index (χ4v) is 6.15. The quantitative estimate of drug-likeness (QED) is 0.327. The van der Waals surface area contributed by atoms with Crippen LogP contribution in [0.25, 0.3) is 0 Å². The summed E-state index contributed by atoms with van der Waals surface area (Å²) in [5.74, 6) is 0.135. The van der Waals surface area contributed by atoms with Crippen LogP contribution in [0.4, 0.5) is 21.9 Å². The second-order valence-electron chi connectivity index (χ2n) is 11.0. The molecule has 6 rings (SSSR count). The first-order chi connectivity index (χ1) is 20.9. The summed E-state index contributed by atoms with van der Waals surface area (Å²) in [7, 11) is 0. The zero-order chi connectivity index (χ0) is 29.9. The lowest BCUT2D eigenvalue weighted by Crippen LogP contribution is -2.47. The van der Waals surface area contributed by atoms with Gasteiger partial charge in [0.2, 0.25) is 5.91 Å². The minimum absolute atomic E-state index is 0.170. The van der Waals surface area contributed by atoms with Crippen LogP contribution < -0.4 is 20.4 Å². The predicted octanol–water partition coefficient (Wildman–Crippen LogP) is 4.25. The molecule has 0 radical (unpaired) electrons. The number of oxazole rings is 1. The number of aryl methyl sites for hydroxylation is 1. The Morgan fingerprint density at radius 2 is 1.74 bits per heavy atom. The number of benzene rings is 2. The van der Waals surface area contributed by atoms with Gasteiger partial charge in [-0.05, 0) is 56.0 Å². The van der Waals surface area contributed by atoms with Gasteiger partial charge in [0.1, 0.15) is 6.26 Å². The standard InChI is InChI=1S/C31H34N6O5S/c1-20-5-2-3-6-25(20)35-13-15-36(16-14-35)26-10-9-22(28(39)32-11-4-12-37-27(38)19-43-31(37)41)17-23(26)33-29(40)24-18-42-30(34-24)21-7-8-21/h2-3,5-6,9-10,17-18,21H,4,7-8,11-16,19H2,1H3,(H,32,39)(H,33,40). The van der Waals surface area contributed by atoms with E-state index in [4.69, 9.17) is 4.42 Å². The zero-order valence-electron chi connectivity index (χ0n) is 24.0. The molecule has 3 fully saturated rings. The Balaban J connectivity index is 1.15. The van der Waals surface area contributed by atoms with Crippen molar-refractivity contribution in [3.63, 3.8) is 0 Å². The van der Waals surface area contributed by atoms with Crippen molar-refractivity contribution < 1.29 is 23.6 Å². The Morgan fingerprint density at radius 3 is 2.44 bits per heavy atom. The monoisotopic (exact) mass is 602 g/mol. The molecule has 12 heteroatoms. The van der Waals surface area contributed by atoms with Gasteiger partial charge in [-0.3, -0.25) is 24.1 Å². The van der Waals surface area contributed by atoms with Crippen LogP contribution in [0.3, 0.4) is 0 Å². The second-order valence-corrected chi connectivity index (χ2v) is 11.9. The lowest BCUT2D eigenvalue weighted by Gasteiger charge is -2.38. The van der Waals surface area contributed by atoms with Gasteiger partial charge in [-0.15, -0.1) is 0 Å². The number of nitrogens with zero attached hydrogens (tertiary/aromatic N) is 4. The summed E-state index contributed by atoms with van der Waals surface area (Å²) in [6.45, 7) is 5.79. The van der Waals surface area contributed by atoms with Crippen molar-refractivity contribution in [2.45, 2.75) is 32.1 Å². The number of amides is 4. The summed E-state index contributed by atoms with van der Waals surface area (Å²) in [4.78, 5) is 60.1. The minimum atomic E-state index is -0.397. The molecule has 0 spiro atoms. The van der Waals surface area contributed by atoms with Crippen LogP contribution in [-0.2, 0) is 4.79 Å². The Hall–Kier alpha value is -4.32. The Labute approximate surface area is 254 Å². The SMILES string of the molecule is Cc1ccccc1N1CCN(c2ccc(C(=O)NCCCN3C(=O)CSC3=O)cc2NC(=O)c2coc(C3CC3)n2)CC1. The number of piperazine rings is 1. The Morgan fingerprint density at radius 1 is 1.00 bits per heavy atom. The molecule has 2 aromatic carbocycles. The molecule has 1 aromatic heterocycles. The van der Waals surface area contributed by atoms with Crippen LogP contribution in [0.1, 0.15) is 57.5 Å². The topological polar surface area (TPSA) is 128 Å². The molecule has 3 aromatic rings. The fraction of sp³-hybridized carbons (Fsp3) is 0.387. The molecule has 3 aliphatic rings. The molecule has 0 unspecified atom stereocenters. The molecule has 224 valence electrons. The number of imide groups is 1. The normalized spacial score (nSPS) is 17.0. The van der Waals surface area contributed by atoms with Crippen molar-refractivity contribution in [3.8, 4) is 0 Å². The van der Waals surface area contributed by atoms with E-state index in [0.29, 0.717) is 30.1 Å². The molecule has 1 aliphatic carbocycles. The maximum absolute atomic E-state index is 13.2. The van der Waals surface area contributed by atoms with E-state index in [1.165, 1.54) is 22.4 Å². The highest BCUT2D eigenvalue weighted by molar-refractivity contribution is 8.14. The van der Waals surface area contributed by atoms with E-state index in [2.05, 4.69) is 50.5 Å². The highest BCUT2D eigenvalue weighted by Gasteiger charge is 2.30. The minimum Gasteiger partial charge on any atom is -0.448 e. The number of aromatic nitrogens is 1. The van der Waals surface area contributed by atoms with E-state index in [-0.39, 0.29) is 41.0 Å². The fourth-order valence-electron chi connectivity index (χ4n) is 5.39. The largest absolute Gasteiger partial charge is 0.448 e. The molecule has 0 bridgehead atoms. The molecule has 1 saturated carbocycles. The van der Waals surface area contributed by atoms with Gasteiger partial charge in [0.15, 0.2) is 11.6 Å². The van der Waals surface area contributed by atoms with Gasteiger partial charge >= 0.3 is 0 Å². The van der Waals surface area contributed by atoms with E-state index in [9.17, 15) is 19.2 Å². The second kappa shape index (κ2) is 12.5. The highest BCUT2D eigenvalue weighted by Crippen LogP contribution is 2.39. The first-order valence-electron chi connectivity index (χ1n) is 14.6. The van der Waals surface area contributed by atoms with E-state index < -0.39 is 5.91 Å². The number of rotatable bonds is 10. The van der Waals surface area contributed by atoms with Crippen molar-refractivity contribution in [2.75, 3.05) is 60.1 Å². The molecular weight excluding hydrogens is 568 g/mol. The smallest absolute Gasteiger partial charge is 0.288 e. The third-order valence-corrected chi connectivity index (χ3v) is 8.81. The van der Waals surface area contributed by atoms with E-state index in [0.717, 1.165) is 56.5 Å². The molecule has 2 N–H and O–H groups in total. The summed E-state index contributed by atoms with van der Waals surface area (Å²) in [5.41, 5.74) is 4.39. The lowest BCUT2D eigenvalue weighted by atomic mass is 10.1. The maximum Gasteiger partial charge on any atom is 0.288 e. The number of hydrogen-bond acceptors (Lipinski definition) is 9. The zero-order valence-corrected chi connectivity index (χ0v) is 24.8. The number of para-hydroxylation sites is 1. The van der Waals surface area contributed by atoms with Gasteiger partial charge in [-0.2, -0.15) is 0 Å². The molecular formula is C31H34N6O5S. The third-order valence-electron chi connectivity index (χ3n) is 7.95. The maximum atomic E-state index is 13.2. The summed E-state index contributed by atoms with van der Waals surface area (Å²) in [6.07, 6.45) is 3.86. The molecule has 43 heavy (non-hydrogen) atoms. The predicted molar refractivity (Wildman–Crippen MR) is 165 cm³/mol.